The van der Waals surface area contributed by atoms with E-state index in [0.29, 0.717) is 32.5 Å². The van der Waals surface area contributed by atoms with Crippen molar-refractivity contribution in [3.8, 4) is 0 Å². The van der Waals surface area contributed by atoms with Gasteiger partial charge in [-0.25, -0.2) is 0 Å². The molecule has 15 heavy (non-hydrogen) atoms. The van der Waals surface area contributed by atoms with E-state index in [1.165, 1.54) is 0 Å². The van der Waals surface area contributed by atoms with Crippen molar-refractivity contribution in [2.75, 3.05) is 19.6 Å². The third kappa shape index (κ3) is 3.20. The molecule has 1 rings (SSSR count). The maximum absolute atomic E-state index is 11.7. The molecule has 1 fully saturated rings. The van der Waals surface area contributed by atoms with Crippen molar-refractivity contribution < 1.29 is 9.59 Å². The fourth-order valence-corrected chi connectivity index (χ4v) is 1.73. The van der Waals surface area contributed by atoms with E-state index >= 15 is 0 Å². The first-order valence-electron chi connectivity index (χ1n) is 5.31. The van der Waals surface area contributed by atoms with Crippen LogP contribution in [0, 0.1) is 11.8 Å². The van der Waals surface area contributed by atoms with Crippen molar-refractivity contribution >= 4 is 11.8 Å². The normalized spacial score (nSPS) is 22.8. The van der Waals surface area contributed by atoms with Crippen LogP contribution in [0.25, 0.3) is 0 Å². The molecule has 1 aliphatic heterocycles. The molecular formula is C10H19N3O2. The zero-order valence-electron chi connectivity index (χ0n) is 9.11. The molecule has 0 saturated carbocycles. The third-order valence-corrected chi connectivity index (χ3v) is 2.87. The molecule has 0 aromatic rings. The van der Waals surface area contributed by atoms with E-state index < -0.39 is 0 Å². The van der Waals surface area contributed by atoms with Crippen LogP contribution in [-0.2, 0) is 9.59 Å². The molecule has 5 nitrogen and oxygen atoms in total. The van der Waals surface area contributed by atoms with Gasteiger partial charge in [-0.05, 0) is 18.9 Å². The lowest BCUT2D eigenvalue weighted by molar-refractivity contribution is -0.131. The number of primary amides is 1. The predicted octanol–water partition coefficient (Wildman–Crippen LogP) is -0.695. The molecule has 0 aliphatic carbocycles. The van der Waals surface area contributed by atoms with Crippen LogP contribution in [0.2, 0.25) is 0 Å². The minimum Gasteiger partial charge on any atom is -0.369 e. The molecular weight excluding hydrogens is 194 g/mol. The number of hydrogen-bond donors (Lipinski definition) is 2. The van der Waals surface area contributed by atoms with E-state index in [2.05, 4.69) is 0 Å². The second-order valence-electron chi connectivity index (χ2n) is 4.27. The van der Waals surface area contributed by atoms with Crippen LogP contribution in [0.1, 0.15) is 19.8 Å². The lowest BCUT2D eigenvalue weighted by atomic mass is 10.1. The summed E-state index contributed by atoms with van der Waals surface area (Å²) in [6.45, 7) is 3.58. The Balaban J connectivity index is 2.40. The number of rotatable bonds is 4. The number of amides is 2. The van der Waals surface area contributed by atoms with Crippen LogP contribution in [0.15, 0.2) is 0 Å². The summed E-state index contributed by atoms with van der Waals surface area (Å²) in [6.07, 6.45) is 1.15. The summed E-state index contributed by atoms with van der Waals surface area (Å²) in [5, 5.41) is 0. The molecule has 2 unspecified atom stereocenters. The number of nitrogens with zero attached hydrogens (tertiary/aromatic N) is 1. The minimum absolute atomic E-state index is 0.0803. The molecule has 5 heteroatoms. The van der Waals surface area contributed by atoms with Gasteiger partial charge in [-0.3, -0.25) is 9.59 Å². The van der Waals surface area contributed by atoms with Crippen molar-refractivity contribution in [3.05, 3.63) is 0 Å². The highest BCUT2D eigenvalue weighted by atomic mass is 16.2. The monoisotopic (exact) mass is 213 g/mol. The smallest absolute Gasteiger partial charge is 0.222 e. The van der Waals surface area contributed by atoms with Gasteiger partial charge in [0, 0.05) is 19.5 Å². The molecule has 0 spiro atoms. The lowest BCUT2D eigenvalue weighted by Crippen LogP contribution is -2.33. The summed E-state index contributed by atoms with van der Waals surface area (Å²) in [5.41, 5.74) is 10.6. The predicted molar refractivity (Wildman–Crippen MR) is 56.7 cm³/mol. The van der Waals surface area contributed by atoms with E-state index in [4.69, 9.17) is 11.5 Å². The van der Waals surface area contributed by atoms with Crippen molar-refractivity contribution in [1.82, 2.24) is 4.90 Å². The molecule has 0 aromatic heterocycles. The fourth-order valence-electron chi connectivity index (χ4n) is 1.73. The number of likely N-dealkylation sites (tertiary alicyclic amines) is 1. The summed E-state index contributed by atoms with van der Waals surface area (Å²) in [4.78, 5) is 24.3. The second kappa shape index (κ2) is 5.11. The summed E-state index contributed by atoms with van der Waals surface area (Å²) in [6, 6.07) is 0. The molecule has 1 saturated heterocycles. The Morgan fingerprint density at radius 3 is 2.67 bits per heavy atom. The highest BCUT2D eigenvalue weighted by Gasteiger charge is 2.29. The third-order valence-electron chi connectivity index (χ3n) is 2.87. The van der Waals surface area contributed by atoms with Crippen molar-refractivity contribution in [3.63, 3.8) is 0 Å². The molecule has 4 N–H and O–H groups in total. The van der Waals surface area contributed by atoms with E-state index in [0.717, 1.165) is 0 Å². The molecule has 0 aromatic carbocycles. The van der Waals surface area contributed by atoms with Crippen LogP contribution in [0.4, 0.5) is 0 Å². The van der Waals surface area contributed by atoms with Gasteiger partial charge in [0.25, 0.3) is 0 Å². The molecule has 86 valence electrons. The van der Waals surface area contributed by atoms with Gasteiger partial charge in [-0.15, -0.1) is 0 Å². The summed E-state index contributed by atoms with van der Waals surface area (Å²) in [5.74, 6) is -0.193. The van der Waals surface area contributed by atoms with Gasteiger partial charge in [0.2, 0.25) is 11.8 Å². The van der Waals surface area contributed by atoms with E-state index in [-0.39, 0.29) is 23.7 Å². The maximum atomic E-state index is 11.7. The summed E-state index contributed by atoms with van der Waals surface area (Å²) >= 11 is 0. The molecule has 0 bridgehead atoms. The van der Waals surface area contributed by atoms with Gasteiger partial charge in [0.1, 0.15) is 0 Å². The SMILES string of the molecule is CC(CN)CC(=O)N1CCC(C(N)=O)C1. The molecule has 0 radical (unpaired) electrons. The zero-order chi connectivity index (χ0) is 11.4. The van der Waals surface area contributed by atoms with Crippen LogP contribution in [0.5, 0.6) is 0 Å². The Morgan fingerprint density at radius 2 is 2.20 bits per heavy atom. The number of carbonyl (C=O) groups excluding carboxylic acids is 2. The molecule has 2 amide bonds. The highest BCUT2D eigenvalue weighted by Crippen LogP contribution is 2.17. The van der Waals surface area contributed by atoms with Gasteiger partial charge in [0.15, 0.2) is 0 Å². The Bertz CT molecular complexity index is 255. The largest absolute Gasteiger partial charge is 0.369 e. The highest BCUT2D eigenvalue weighted by molar-refractivity contribution is 5.81. The second-order valence-corrected chi connectivity index (χ2v) is 4.27. The number of hydrogen-bond acceptors (Lipinski definition) is 3. The summed E-state index contributed by atoms with van der Waals surface area (Å²) in [7, 11) is 0. The average molecular weight is 213 g/mol. The first kappa shape index (κ1) is 12.0. The van der Waals surface area contributed by atoms with Crippen LogP contribution >= 0.6 is 0 Å². The van der Waals surface area contributed by atoms with Gasteiger partial charge in [0.05, 0.1) is 5.92 Å². The van der Waals surface area contributed by atoms with E-state index in [9.17, 15) is 9.59 Å². The van der Waals surface area contributed by atoms with Gasteiger partial charge >= 0.3 is 0 Å². The van der Waals surface area contributed by atoms with Gasteiger partial charge in [-0.2, -0.15) is 0 Å². The lowest BCUT2D eigenvalue weighted by Gasteiger charge is -2.17. The van der Waals surface area contributed by atoms with E-state index in [1.54, 1.807) is 4.90 Å². The maximum Gasteiger partial charge on any atom is 0.222 e. The van der Waals surface area contributed by atoms with Crippen molar-refractivity contribution in [2.45, 2.75) is 19.8 Å². The van der Waals surface area contributed by atoms with Crippen LogP contribution < -0.4 is 11.5 Å². The quantitative estimate of drug-likeness (QED) is 0.647. The first-order chi connectivity index (χ1) is 7.04. The Hall–Kier alpha value is -1.10. The van der Waals surface area contributed by atoms with E-state index in [1.807, 2.05) is 6.92 Å². The topological polar surface area (TPSA) is 89.4 Å². The Kier molecular flexibility index (Phi) is 4.08. The standard InChI is InChI=1S/C10H19N3O2/c1-7(5-11)4-9(14)13-3-2-8(6-13)10(12)15/h7-8H,2-6,11H2,1H3,(H2,12,15). The molecule has 2 atom stereocenters. The molecule has 1 heterocycles. The van der Waals surface area contributed by atoms with Crippen molar-refractivity contribution in [2.24, 2.45) is 23.3 Å². The van der Waals surface area contributed by atoms with Gasteiger partial charge < -0.3 is 16.4 Å². The average Bonchev–Trinajstić information content (AvgIpc) is 2.66. The van der Waals surface area contributed by atoms with Crippen LogP contribution in [0.3, 0.4) is 0 Å². The van der Waals surface area contributed by atoms with Gasteiger partial charge in [-0.1, -0.05) is 6.92 Å². The number of nitrogens with two attached hydrogens (primary N) is 2. The zero-order valence-corrected chi connectivity index (χ0v) is 9.11. The minimum atomic E-state index is -0.308. The Morgan fingerprint density at radius 1 is 1.53 bits per heavy atom. The fraction of sp³-hybridized carbons (Fsp3) is 0.800. The Labute approximate surface area is 89.8 Å². The first-order valence-corrected chi connectivity index (χ1v) is 5.31. The number of carbonyl (C=O) groups is 2. The van der Waals surface area contributed by atoms with Crippen molar-refractivity contribution in [1.29, 1.82) is 0 Å². The van der Waals surface area contributed by atoms with Crippen LogP contribution in [-0.4, -0.2) is 36.3 Å². The summed E-state index contributed by atoms with van der Waals surface area (Å²) < 4.78 is 0. The molecule has 1 aliphatic rings.